The van der Waals surface area contributed by atoms with Crippen molar-refractivity contribution in [1.29, 1.82) is 0 Å². The highest BCUT2D eigenvalue weighted by Gasteiger charge is 2.13. The molecule has 8 heteroatoms. The third-order valence-electron chi connectivity index (χ3n) is 1.85. The average molecular weight is 287 g/mol. The Morgan fingerprint density at radius 1 is 1.24 bits per heavy atom. The Morgan fingerprint density at radius 3 is 2.47 bits per heavy atom. The maximum atomic E-state index is 11.3. The van der Waals surface area contributed by atoms with E-state index in [1.807, 2.05) is 0 Å². The summed E-state index contributed by atoms with van der Waals surface area (Å²) < 4.78 is 31.0. The predicted molar refractivity (Wildman–Crippen MR) is 66.3 cm³/mol. The van der Waals surface area contributed by atoms with Gasteiger partial charge in [0.25, 0.3) is 0 Å². The van der Waals surface area contributed by atoms with Crippen molar-refractivity contribution in [2.45, 2.75) is 32.6 Å². The van der Waals surface area contributed by atoms with Gasteiger partial charge in [0.15, 0.2) is 0 Å². The van der Waals surface area contributed by atoms with Crippen LogP contribution in [0.5, 0.6) is 0 Å². The molecule has 0 spiro atoms. The summed E-state index contributed by atoms with van der Waals surface area (Å²) in [5.41, 5.74) is 0. The summed E-state index contributed by atoms with van der Waals surface area (Å²) in [6.07, 6.45) is 2.53. The molecule has 0 bridgehead atoms. The zero-order valence-electron chi connectivity index (χ0n) is 9.87. The molecule has 0 aromatic carbocycles. The largest absolute Gasteiger partial charge is 0.449 e. The number of nitrogens with one attached hydrogen (secondary N) is 2. The molecule has 0 saturated carbocycles. The number of hydrogen-bond donors (Lipinski definition) is 2. The minimum Gasteiger partial charge on any atom is -0.449 e. The highest BCUT2D eigenvalue weighted by molar-refractivity contribution is 7.88. The van der Waals surface area contributed by atoms with E-state index in [4.69, 9.17) is 11.6 Å². The Labute approximate surface area is 107 Å². The molecular weight excluding hydrogens is 268 g/mol. The van der Waals surface area contributed by atoms with Crippen molar-refractivity contribution in [1.82, 2.24) is 9.44 Å². The van der Waals surface area contributed by atoms with Gasteiger partial charge >= 0.3 is 16.3 Å². The van der Waals surface area contributed by atoms with E-state index in [9.17, 15) is 13.2 Å². The molecule has 6 nitrogen and oxygen atoms in total. The zero-order valence-corrected chi connectivity index (χ0v) is 11.4. The van der Waals surface area contributed by atoms with Crippen LogP contribution >= 0.6 is 11.6 Å². The summed E-state index contributed by atoms with van der Waals surface area (Å²) in [6, 6.07) is 0. The van der Waals surface area contributed by atoms with Crippen LogP contribution in [-0.2, 0) is 14.9 Å². The number of rotatable bonds is 9. The first-order valence-corrected chi connectivity index (χ1v) is 7.53. The van der Waals surface area contributed by atoms with Crippen molar-refractivity contribution in [2.75, 3.05) is 19.0 Å². The molecular formula is C9H19ClN2O4S. The van der Waals surface area contributed by atoms with Crippen LogP contribution in [0.2, 0.25) is 0 Å². The Bertz CT molecular complexity index is 308. The summed E-state index contributed by atoms with van der Waals surface area (Å²) in [6.45, 7) is 2.01. The quantitative estimate of drug-likeness (QED) is 0.495. The number of carbonyl (C=O) groups is 1. The van der Waals surface area contributed by atoms with Gasteiger partial charge in [-0.2, -0.15) is 13.1 Å². The summed E-state index contributed by atoms with van der Waals surface area (Å²) in [5.74, 6) is 0.621. The third kappa shape index (κ3) is 10.3. The molecule has 0 aliphatic rings. The van der Waals surface area contributed by atoms with Crippen molar-refractivity contribution >= 4 is 27.9 Å². The molecule has 0 radical (unpaired) electrons. The SMILES string of the molecule is CCOC(=O)NS(=O)(=O)NCCCCCCCl. The van der Waals surface area contributed by atoms with Gasteiger partial charge in [-0.1, -0.05) is 12.8 Å². The number of hydrogen-bond acceptors (Lipinski definition) is 4. The Balaban J connectivity index is 3.68. The van der Waals surface area contributed by atoms with Gasteiger partial charge < -0.3 is 4.74 Å². The lowest BCUT2D eigenvalue weighted by Gasteiger charge is -2.07. The van der Waals surface area contributed by atoms with E-state index in [2.05, 4.69) is 9.46 Å². The lowest BCUT2D eigenvalue weighted by molar-refractivity contribution is 0.158. The van der Waals surface area contributed by atoms with Crippen molar-refractivity contribution in [3.05, 3.63) is 0 Å². The first-order chi connectivity index (χ1) is 8.02. The maximum Gasteiger partial charge on any atom is 0.421 e. The van der Waals surface area contributed by atoms with E-state index >= 15 is 0 Å². The lowest BCUT2D eigenvalue weighted by Crippen LogP contribution is -2.40. The van der Waals surface area contributed by atoms with E-state index in [0.717, 1.165) is 19.3 Å². The monoisotopic (exact) mass is 286 g/mol. The summed E-state index contributed by atoms with van der Waals surface area (Å²) in [5, 5.41) is 0. The van der Waals surface area contributed by atoms with Crippen LogP contribution in [0.1, 0.15) is 32.6 Å². The lowest BCUT2D eigenvalue weighted by atomic mass is 10.2. The fraction of sp³-hybridized carbons (Fsp3) is 0.889. The molecule has 0 fully saturated rings. The molecule has 0 aliphatic carbocycles. The molecule has 0 aromatic heterocycles. The predicted octanol–water partition coefficient (Wildman–Crippen LogP) is 1.37. The van der Waals surface area contributed by atoms with E-state index in [1.54, 1.807) is 11.6 Å². The maximum absolute atomic E-state index is 11.3. The number of unbranched alkanes of at least 4 members (excludes halogenated alkanes) is 3. The van der Waals surface area contributed by atoms with E-state index in [0.29, 0.717) is 12.3 Å². The van der Waals surface area contributed by atoms with Crippen molar-refractivity contribution in [3.63, 3.8) is 0 Å². The van der Waals surface area contributed by atoms with Gasteiger partial charge in [-0.3, -0.25) is 0 Å². The van der Waals surface area contributed by atoms with Gasteiger partial charge in [-0.05, 0) is 19.8 Å². The van der Waals surface area contributed by atoms with Gasteiger partial charge in [0.2, 0.25) is 0 Å². The molecule has 2 N–H and O–H groups in total. The zero-order chi connectivity index (χ0) is 13.1. The van der Waals surface area contributed by atoms with Gasteiger partial charge in [0.1, 0.15) is 0 Å². The number of carbonyl (C=O) groups excluding carboxylic acids is 1. The van der Waals surface area contributed by atoms with Gasteiger partial charge in [0, 0.05) is 12.4 Å². The first-order valence-electron chi connectivity index (χ1n) is 5.52. The van der Waals surface area contributed by atoms with E-state index < -0.39 is 16.3 Å². The second-order valence-electron chi connectivity index (χ2n) is 3.32. The van der Waals surface area contributed by atoms with Crippen LogP contribution < -0.4 is 9.44 Å². The fourth-order valence-corrected chi connectivity index (χ4v) is 2.04. The molecule has 0 heterocycles. The van der Waals surface area contributed by atoms with Crippen LogP contribution in [-0.4, -0.2) is 33.5 Å². The third-order valence-corrected chi connectivity index (χ3v) is 3.13. The number of halogens is 1. The standard InChI is InChI=1S/C9H19ClN2O4S/c1-2-16-9(13)12-17(14,15)11-8-6-4-3-5-7-10/h11H,2-8H2,1H3,(H,12,13). The number of amides is 1. The molecule has 0 aromatic rings. The van der Waals surface area contributed by atoms with Crippen molar-refractivity contribution in [3.8, 4) is 0 Å². The minimum absolute atomic E-state index is 0.125. The fourth-order valence-electron chi connectivity index (χ4n) is 1.09. The molecule has 0 aliphatic heterocycles. The van der Waals surface area contributed by atoms with Crippen LogP contribution in [0.15, 0.2) is 0 Å². The summed E-state index contributed by atoms with van der Waals surface area (Å²) in [7, 11) is -3.80. The van der Waals surface area contributed by atoms with Crippen molar-refractivity contribution < 1.29 is 17.9 Å². The first kappa shape index (κ1) is 16.5. The van der Waals surface area contributed by atoms with Gasteiger partial charge in [0.05, 0.1) is 6.61 Å². The second kappa shape index (κ2) is 9.49. The molecule has 1 amide bonds. The van der Waals surface area contributed by atoms with E-state index in [-0.39, 0.29) is 13.2 Å². The Morgan fingerprint density at radius 2 is 1.88 bits per heavy atom. The van der Waals surface area contributed by atoms with Gasteiger partial charge in [-0.25, -0.2) is 9.52 Å². The summed E-state index contributed by atoms with van der Waals surface area (Å²) >= 11 is 5.50. The molecule has 102 valence electrons. The summed E-state index contributed by atoms with van der Waals surface area (Å²) in [4.78, 5) is 10.9. The van der Waals surface area contributed by atoms with Crippen LogP contribution in [0.3, 0.4) is 0 Å². The molecule has 0 unspecified atom stereocenters. The molecule has 0 saturated heterocycles. The van der Waals surface area contributed by atoms with Crippen molar-refractivity contribution in [2.24, 2.45) is 0 Å². The molecule has 0 rings (SSSR count). The van der Waals surface area contributed by atoms with E-state index in [1.165, 1.54) is 0 Å². The second-order valence-corrected chi connectivity index (χ2v) is 5.20. The van der Waals surface area contributed by atoms with Crippen LogP contribution in [0.25, 0.3) is 0 Å². The number of alkyl halides is 1. The normalized spacial score (nSPS) is 11.2. The van der Waals surface area contributed by atoms with Gasteiger partial charge in [-0.15, -0.1) is 11.6 Å². The van der Waals surface area contributed by atoms with Crippen LogP contribution in [0, 0.1) is 0 Å². The Kier molecular flexibility index (Phi) is 9.20. The molecule has 17 heavy (non-hydrogen) atoms. The highest BCUT2D eigenvalue weighted by atomic mass is 35.5. The average Bonchev–Trinajstić information content (AvgIpc) is 2.22. The Hall–Kier alpha value is -0.530. The topological polar surface area (TPSA) is 84.5 Å². The molecule has 0 atom stereocenters. The number of ether oxygens (including phenoxy) is 1. The van der Waals surface area contributed by atoms with Crippen LogP contribution in [0.4, 0.5) is 4.79 Å². The highest BCUT2D eigenvalue weighted by Crippen LogP contribution is 2.00. The smallest absolute Gasteiger partial charge is 0.421 e. The minimum atomic E-state index is -3.80.